The molecule has 1 rings (SSSR count). The van der Waals surface area contributed by atoms with E-state index in [9.17, 15) is 4.79 Å². The molecule has 0 aliphatic heterocycles. The van der Waals surface area contributed by atoms with Crippen molar-refractivity contribution < 1.29 is 9.53 Å². The molecule has 0 unspecified atom stereocenters. The van der Waals surface area contributed by atoms with Gasteiger partial charge in [-0.1, -0.05) is 32.4 Å². The largest absolute Gasteiger partial charge is 0.426 e. The van der Waals surface area contributed by atoms with E-state index in [1.807, 2.05) is 6.92 Å². The second kappa shape index (κ2) is 5.78. The Morgan fingerprint density at radius 1 is 1.41 bits per heavy atom. The molecule has 17 heavy (non-hydrogen) atoms. The van der Waals surface area contributed by atoms with Crippen LogP contribution in [0.5, 0.6) is 5.75 Å². The molecule has 4 heteroatoms. The van der Waals surface area contributed by atoms with Crippen LogP contribution in [0.3, 0.4) is 0 Å². The van der Waals surface area contributed by atoms with Crippen LogP contribution in [-0.4, -0.2) is 16.5 Å². The first kappa shape index (κ1) is 14.4. The first-order chi connectivity index (χ1) is 7.78. The van der Waals surface area contributed by atoms with Gasteiger partial charge in [0.05, 0.1) is 5.75 Å². The van der Waals surface area contributed by atoms with Crippen LogP contribution in [-0.2, 0) is 4.79 Å². The highest BCUT2D eigenvalue weighted by molar-refractivity contribution is 8.01. The zero-order valence-corrected chi connectivity index (χ0v) is 12.1. The van der Waals surface area contributed by atoms with Crippen molar-refractivity contribution in [3.8, 4) is 5.75 Å². The molecule has 2 nitrogen and oxygen atoms in total. The highest BCUT2D eigenvalue weighted by atomic mass is 35.5. The van der Waals surface area contributed by atoms with Crippen molar-refractivity contribution >= 4 is 29.3 Å². The fraction of sp³-hybridized carbons (Fsp3) is 0.462. The predicted octanol–water partition coefficient (Wildman–Crippen LogP) is 4.09. The first-order valence-corrected chi connectivity index (χ1v) is 6.75. The van der Waals surface area contributed by atoms with Gasteiger partial charge in [-0.3, -0.25) is 4.79 Å². The van der Waals surface area contributed by atoms with Crippen LogP contribution in [0.1, 0.15) is 26.3 Å². The molecule has 1 aromatic carbocycles. The van der Waals surface area contributed by atoms with E-state index in [-0.39, 0.29) is 10.7 Å². The summed E-state index contributed by atoms with van der Waals surface area (Å²) in [5, 5.41) is 0.675. The Kier molecular flexibility index (Phi) is 4.90. The molecule has 0 N–H and O–H groups in total. The molecule has 0 amide bonds. The predicted molar refractivity (Wildman–Crippen MR) is 74.0 cm³/mol. The minimum absolute atomic E-state index is 0.0644. The zero-order chi connectivity index (χ0) is 13.1. The molecular formula is C13H17ClO2S. The number of benzene rings is 1. The highest BCUT2D eigenvalue weighted by Crippen LogP contribution is 2.24. The summed E-state index contributed by atoms with van der Waals surface area (Å²) in [7, 11) is 0. The molecule has 0 saturated heterocycles. The van der Waals surface area contributed by atoms with Crippen molar-refractivity contribution in [2.75, 3.05) is 5.75 Å². The van der Waals surface area contributed by atoms with E-state index >= 15 is 0 Å². The maximum absolute atomic E-state index is 11.6. The molecule has 0 aromatic heterocycles. The van der Waals surface area contributed by atoms with E-state index in [1.165, 1.54) is 0 Å². The van der Waals surface area contributed by atoms with Gasteiger partial charge in [-0.25, -0.2) is 0 Å². The lowest BCUT2D eigenvalue weighted by Gasteiger charge is -2.16. The monoisotopic (exact) mass is 272 g/mol. The van der Waals surface area contributed by atoms with Crippen LogP contribution in [0.15, 0.2) is 18.2 Å². The molecule has 0 aliphatic rings. The van der Waals surface area contributed by atoms with Crippen molar-refractivity contribution in [2.45, 2.75) is 32.4 Å². The van der Waals surface area contributed by atoms with E-state index in [4.69, 9.17) is 16.3 Å². The minimum atomic E-state index is -0.230. The number of hydrogen-bond acceptors (Lipinski definition) is 3. The van der Waals surface area contributed by atoms with E-state index in [0.717, 1.165) is 5.56 Å². The van der Waals surface area contributed by atoms with Crippen molar-refractivity contribution in [2.24, 2.45) is 0 Å². The highest BCUT2D eigenvalue weighted by Gasteiger charge is 2.14. The summed E-state index contributed by atoms with van der Waals surface area (Å²) in [5.74, 6) is 0.670. The van der Waals surface area contributed by atoms with Crippen molar-refractivity contribution in [1.29, 1.82) is 0 Å². The molecule has 0 radical (unpaired) electrons. The van der Waals surface area contributed by atoms with Gasteiger partial charge in [-0.2, -0.15) is 0 Å². The summed E-state index contributed by atoms with van der Waals surface area (Å²) in [4.78, 5) is 11.6. The Morgan fingerprint density at radius 2 is 2.06 bits per heavy atom. The van der Waals surface area contributed by atoms with Crippen LogP contribution < -0.4 is 4.74 Å². The quantitative estimate of drug-likeness (QED) is 0.612. The number of ether oxygens (including phenoxy) is 1. The SMILES string of the molecule is Cc1cc(OC(=O)CSC(C)(C)C)ccc1Cl. The summed E-state index contributed by atoms with van der Waals surface area (Å²) in [6.07, 6.45) is 0. The van der Waals surface area contributed by atoms with E-state index < -0.39 is 0 Å². The van der Waals surface area contributed by atoms with Gasteiger partial charge < -0.3 is 4.74 Å². The molecular weight excluding hydrogens is 256 g/mol. The van der Waals surface area contributed by atoms with Gasteiger partial charge in [0, 0.05) is 9.77 Å². The lowest BCUT2D eigenvalue weighted by molar-refractivity contribution is -0.131. The number of rotatable bonds is 3. The van der Waals surface area contributed by atoms with Crippen LogP contribution in [0, 0.1) is 6.92 Å². The zero-order valence-electron chi connectivity index (χ0n) is 10.5. The van der Waals surface area contributed by atoms with Gasteiger partial charge in [0.1, 0.15) is 5.75 Å². The molecule has 94 valence electrons. The Hall–Kier alpha value is -0.670. The summed E-state index contributed by atoms with van der Waals surface area (Å²) in [6, 6.07) is 5.20. The fourth-order valence-electron chi connectivity index (χ4n) is 1.12. The van der Waals surface area contributed by atoms with Crippen LogP contribution >= 0.6 is 23.4 Å². The Balaban J connectivity index is 2.54. The van der Waals surface area contributed by atoms with Crippen molar-refractivity contribution in [3.05, 3.63) is 28.8 Å². The van der Waals surface area contributed by atoms with E-state index in [1.54, 1.807) is 30.0 Å². The molecule has 0 spiro atoms. The fourth-order valence-corrected chi connectivity index (χ4v) is 1.84. The third kappa shape index (κ3) is 5.46. The maximum atomic E-state index is 11.6. The third-order valence-corrected chi connectivity index (χ3v) is 3.65. The Labute approximate surface area is 112 Å². The minimum Gasteiger partial charge on any atom is -0.426 e. The number of esters is 1. The van der Waals surface area contributed by atoms with Gasteiger partial charge in [0.25, 0.3) is 0 Å². The molecule has 0 fully saturated rings. The summed E-state index contributed by atoms with van der Waals surface area (Å²) in [6.45, 7) is 8.08. The molecule has 1 aromatic rings. The van der Waals surface area contributed by atoms with Crippen LogP contribution in [0.25, 0.3) is 0 Å². The standard InChI is InChI=1S/C13H17ClO2S/c1-9-7-10(5-6-11(9)14)16-12(15)8-17-13(2,3)4/h5-7H,8H2,1-4H3. The second-order valence-corrected chi connectivity index (χ2v) is 7.00. The maximum Gasteiger partial charge on any atom is 0.321 e. The topological polar surface area (TPSA) is 26.3 Å². The summed E-state index contributed by atoms with van der Waals surface area (Å²) in [5.41, 5.74) is 0.903. The number of hydrogen-bond donors (Lipinski definition) is 0. The number of carbonyl (C=O) groups is 1. The average Bonchev–Trinajstić information content (AvgIpc) is 2.20. The Bertz CT molecular complexity index is 410. The number of thioether (sulfide) groups is 1. The van der Waals surface area contributed by atoms with Gasteiger partial charge in [0.15, 0.2) is 0 Å². The average molecular weight is 273 g/mol. The number of halogens is 1. The summed E-state index contributed by atoms with van der Waals surface area (Å²) >= 11 is 7.46. The number of aryl methyl sites for hydroxylation is 1. The van der Waals surface area contributed by atoms with Crippen molar-refractivity contribution in [1.82, 2.24) is 0 Å². The molecule has 0 heterocycles. The van der Waals surface area contributed by atoms with Crippen molar-refractivity contribution in [3.63, 3.8) is 0 Å². The molecule has 0 aliphatic carbocycles. The van der Waals surface area contributed by atoms with Crippen LogP contribution in [0.2, 0.25) is 5.02 Å². The second-order valence-electron chi connectivity index (χ2n) is 4.79. The van der Waals surface area contributed by atoms with Gasteiger partial charge in [0.2, 0.25) is 0 Å². The van der Waals surface area contributed by atoms with E-state index in [2.05, 4.69) is 20.8 Å². The van der Waals surface area contributed by atoms with Gasteiger partial charge in [-0.15, -0.1) is 11.8 Å². The third-order valence-electron chi connectivity index (χ3n) is 1.98. The lowest BCUT2D eigenvalue weighted by atomic mass is 10.2. The summed E-state index contributed by atoms with van der Waals surface area (Å²) < 4.78 is 5.29. The molecule has 0 saturated carbocycles. The van der Waals surface area contributed by atoms with Gasteiger partial charge >= 0.3 is 5.97 Å². The Morgan fingerprint density at radius 3 is 2.59 bits per heavy atom. The number of carbonyl (C=O) groups excluding carboxylic acids is 1. The normalized spacial score (nSPS) is 11.4. The van der Waals surface area contributed by atoms with Gasteiger partial charge in [-0.05, 0) is 30.7 Å². The molecule has 0 atom stereocenters. The molecule has 0 bridgehead atoms. The lowest BCUT2D eigenvalue weighted by Crippen LogP contribution is -2.17. The van der Waals surface area contributed by atoms with Crippen LogP contribution in [0.4, 0.5) is 0 Å². The first-order valence-electron chi connectivity index (χ1n) is 5.39. The smallest absolute Gasteiger partial charge is 0.321 e. The van der Waals surface area contributed by atoms with E-state index in [0.29, 0.717) is 16.5 Å².